The van der Waals surface area contributed by atoms with Crippen LogP contribution in [0, 0.1) is 33.6 Å². The number of unbranched alkanes of at least 4 members (excludes halogenated alkanes) is 1. The first-order valence-corrected chi connectivity index (χ1v) is 10.2. The van der Waals surface area contributed by atoms with Crippen LogP contribution in [0.1, 0.15) is 79.8 Å². The van der Waals surface area contributed by atoms with Crippen molar-refractivity contribution in [3.63, 3.8) is 0 Å². The second-order valence-electron chi connectivity index (χ2n) is 8.77. The van der Waals surface area contributed by atoms with Crippen molar-refractivity contribution in [2.24, 2.45) is 5.92 Å². The van der Waals surface area contributed by atoms with Crippen LogP contribution in [0.4, 0.5) is 0 Å². The van der Waals surface area contributed by atoms with Crippen molar-refractivity contribution < 1.29 is 10.2 Å². The van der Waals surface area contributed by atoms with E-state index in [1.54, 1.807) is 12.1 Å². The summed E-state index contributed by atoms with van der Waals surface area (Å²) in [6.45, 7) is 15.1. The fourth-order valence-electron chi connectivity index (χ4n) is 4.78. The van der Waals surface area contributed by atoms with Gasteiger partial charge < -0.3 is 10.2 Å². The molecular formula is C25H36O2. The highest BCUT2D eigenvalue weighted by Gasteiger charge is 2.35. The smallest absolute Gasteiger partial charge is 0.118 e. The van der Waals surface area contributed by atoms with Gasteiger partial charge in [-0.1, -0.05) is 52.2 Å². The topological polar surface area (TPSA) is 40.5 Å². The third kappa shape index (κ3) is 4.31. The summed E-state index contributed by atoms with van der Waals surface area (Å²) in [6.07, 6.45) is 4.54. The number of phenols is 2. The zero-order chi connectivity index (χ0) is 20.4. The normalized spacial score (nSPS) is 12.0. The molecule has 0 spiro atoms. The van der Waals surface area contributed by atoms with Crippen LogP contribution >= 0.6 is 0 Å². The fourth-order valence-corrected chi connectivity index (χ4v) is 4.78. The quantitative estimate of drug-likeness (QED) is 0.524. The van der Waals surface area contributed by atoms with Gasteiger partial charge >= 0.3 is 0 Å². The molecule has 2 aromatic rings. The molecule has 27 heavy (non-hydrogen) atoms. The molecule has 2 N–H and O–H groups in total. The highest BCUT2D eigenvalue weighted by atomic mass is 16.3. The SMILES string of the molecule is Cc1ccc(O)c(C)c1C(C)(CCCCC(C)C)c1c(C)ccc(O)c1C. The minimum Gasteiger partial charge on any atom is -0.508 e. The van der Waals surface area contributed by atoms with E-state index in [4.69, 9.17) is 0 Å². The lowest BCUT2D eigenvalue weighted by Crippen LogP contribution is -2.28. The average Bonchev–Trinajstić information content (AvgIpc) is 2.59. The molecule has 0 saturated heterocycles. The molecule has 0 unspecified atom stereocenters. The van der Waals surface area contributed by atoms with E-state index in [1.165, 1.54) is 35.1 Å². The summed E-state index contributed by atoms with van der Waals surface area (Å²) >= 11 is 0. The first-order valence-electron chi connectivity index (χ1n) is 10.2. The second-order valence-corrected chi connectivity index (χ2v) is 8.77. The van der Waals surface area contributed by atoms with Crippen LogP contribution in [0.25, 0.3) is 0 Å². The summed E-state index contributed by atoms with van der Waals surface area (Å²) in [5.41, 5.74) is 6.42. The Morgan fingerprint density at radius 1 is 0.778 bits per heavy atom. The van der Waals surface area contributed by atoms with Crippen LogP contribution < -0.4 is 0 Å². The lowest BCUT2D eigenvalue weighted by molar-refractivity contribution is 0.432. The van der Waals surface area contributed by atoms with Crippen molar-refractivity contribution >= 4 is 0 Å². The van der Waals surface area contributed by atoms with Crippen LogP contribution in [0.3, 0.4) is 0 Å². The van der Waals surface area contributed by atoms with Gasteiger partial charge in [0.2, 0.25) is 0 Å². The van der Waals surface area contributed by atoms with E-state index in [0.29, 0.717) is 17.4 Å². The number of hydrogen-bond acceptors (Lipinski definition) is 2. The van der Waals surface area contributed by atoms with Gasteiger partial charge in [-0.2, -0.15) is 0 Å². The molecule has 2 nitrogen and oxygen atoms in total. The van der Waals surface area contributed by atoms with Gasteiger partial charge in [-0.05, 0) is 85.5 Å². The Morgan fingerprint density at radius 3 is 1.63 bits per heavy atom. The zero-order valence-electron chi connectivity index (χ0n) is 18.1. The van der Waals surface area contributed by atoms with Crippen molar-refractivity contribution in [2.45, 2.75) is 79.6 Å². The molecule has 2 aromatic carbocycles. The van der Waals surface area contributed by atoms with Gasteiger partial charge in [0, 0.05) is 5.41 Å². The molecule has 0 saturated carbocycles. The number of aromatic hydroxyl groups is 2. The van der Waals surface area contributed by atoms with Gasteiger partial charge in [0.1, 0.15) is 11.5 Å². The van der Waals surface area contributed by atoms with E-state index in [9.17, 15) is 10.2 Å². The van der Waals surface area contributed by atoms with Gasteiger partial charge in [0.15, 0.2) is 0 Å². The fraction of sp³-hybridized carbons (Fsp3) is 0.520. The van der Waals surface area contributed by atoms with Crippen LogP contribution in [0.15, 0.2) is 24.3 Å². The predicted octanol–water partition coefficient (Wildman–Crippen LogP) is 6.85. The Bertz CT molecular complexity index is 745. The third-order valence-corrected chi connectivity index (χ3v) is 6.10. The van der Waals surface area contributed by atoms with Gasteiger partial charge in [-0.3, -0.25) is 0 Å². The molecule has 2 rings (SSSR count). The molecule has 0 bridgehead atoms. The average molecular weight is 369 g/mol. The highest BCUT2D eigenvalue weighted by Crippen LogP contribution is 2.46. The first kappa shape index (κ1) is 21.3. The summed E-state index contributed by atoms with van der Waals surface area (Å²) in [5.74, 6) is 1.41. The molecule has 2 heteroatoms. The zero-order valence-corrected chi connectivity index (χ0v) is 18.1. The lowest BCUT2D eigenvalue weighted by atomic mass is 9.67. The molecule has 0 amide bonds. The van der Waals surface area contributed by atoms with E-state index >= 15 is 0 Å². The summed E-state index contributed by atoms with van der Waals surface area (Å²) in [6, 6.07) is 7.60. The Kier molecular flexibility index (Phi) is 6.62. The van der Waals surface area contributed by atoms with Crippen molar-refractivity contribution in [3.8, 4) is 11.5 Å². The number of hydrogen-bond donors (Lipinski definition) is 2. The van der Waals surface area contributed by atoms with Crippen LogP contribution in [-0.2, 0) is 5.41 Å². The van der Waals surface area contributed by atoms with Crippen LogP contribution in [0.2, 0.25) is 0 Å². The van der Waals surface area contributed by atoms with E-state index < -0.39 is 0 Å². The van der Waals surface area contributed by atoms with Crippen LogP contribution in [0.5, 0.6) is 11.5 Å². The van der Waals surface area contributed by atoms with Gasteiger partial charge in [0.25, 0.3) is 0 Å². The molecule has 0 aliphatic carbocycles. The Balaban J connectivity index is 2.64. The molecule has 0 aliphatic heterocycles. The predicted molar refractivity (Wildman–Crippen MR) is 115 cm³/mol. The van der Waals surface area contributed by atoms with Crippen molar-refractivity contribution in [1.82, 2.24) is 0 Å². The first-order chi connectivity index (χ1) is 12.6. The number of rotatable bonds is 7. The van der Waals surface area contributed by atoms with E-state index in [1.807, 2.05) is 26.0 Å². The highest BCUT2D eigenvalue weighted by molar-refractivity contribution is 5.57. The number of aryl methyl sites for hydroxylation is 2. The molecule has 0 atom stereocenters. The summed E-state index contributed by atoms with van der Waals surface area (Å²) in [7, 11) is 0. The minimum absolute atomic E-state index is 0.253. The van der Waals surface area contributed by atoms with E-state index in [-0.39, 0.29) is 5.41 Å². The lowest BCUT2D eigenvalue weighted by Gasteiger charge is -2.37. The minimum atomic E-state index is -0.253. The van der Waals surface area contributed by atoms with Gasteiger partial charge in [-0.15, -0.1) is 0 Å². The molecule has 0 aliphatic rings. The summed E-state index contributed by atoms with van der Waals surface area (Å²) in [4.78, 5) is 0. The Labute approximate surface area is 165 Å². The van der Waals surface area contributed by atoms with Crippen LogP contribution in [-0.4, -0.2) is 10.2 Å². The maximum atomic E-state index is 10.4. The maximum absolute atomic E-state index is 10.4. The van der Waals surface area contributed by atoms with E-state index in [2.05, 4.69) is 34.6 Å². The van der Waals surface area contributed by atoms with E-state index in [0.717, 1.165) is 24.0 Å². The molecule has 148 valence electrons. The third-order valence-electron chi connectivity index (χ3n) is 6.10. The number of benzene rings is 2. The Morgan fingerprint density at radius 2 is 1.22 bits per heavy atom. The van der Waals surface area contributed by atoms with Gasteiger partial charge in [0.05, 0.1) is 0 Å². The Hall–Kier alpha value is -1.96. The van der Waals surface area contributed by atoms with Gasteiger partial charge in [-0.25, -0.2) is 0 Å². The standard InChI is InChI=1S/C25H36O2/c1-16(2)10-8-9-15-25(7,23-17(3)11-13-21(26)19(23)5)24-18(4)12-14-22(27)20(24)6/h11-14,16,26-27H,8-10,15H2,1-7H3. The molecule has 0 fully saturated rings. The molecule has 0 heterocycles. The van der Waals surface area contributed by atoms with Crippen molar-refractivity contribution in [1.29, 1.82) is 0 Å². The second kappa shape index (κ2) is 8.37. The monoisotopic (exact) mass is 368 g/mol. The summed E-state index contributed by atoms with van der Waals surface area (Å²) < 4.78 is 0. The largest absolute Gasteiger partial charge is 0.508 e. The molecular weight excluding hydrogens is 332 g/mol. The van der Waals surface area contributed by atoms with Crippen molar-refractivity contribution in [2.75, 3.05) is 0 Å². The molecule has 0 radical (unpaired) electrons. The summed E-state index contributed by atoms with van der Waals surface area (Å²) in [5, 5.41) is 20.8. The number of phenolic OH excluding ortho intramolecular Hbond substituents is 2. The maximum Gasteiger partial charge on any atom is 0.118 e. The van der Waals surface area contributed by atoms with Crippen molar-refractivity contribution in [3.05, 3.63) is 57.6 Å². The molecule has 0 aromatic heterocycles.